The van der Waals surface area contributed by atoms with Crippen molar-refractivity contribution in [3.63, 3.8) is 0 Å². The molecule has 0 radical (unpaired) electrons. The van der Waals surface area contributed by atoms with Crippen LogP contribution in [0.3, 0.4) is 0 Å². The van der Waals surface area contributed by atoms with Crippen molar-refractivity contribution in [1.29, 1.82) is 0 Å². The first kappa shape index (κ1) is 9.11. The van der Waals surface area contributed by atoms with Crippen molar-refractivity contribution in [3.05, 3.63) is 33.8 Å². The Morgan fingerprint density at radius 2 is 1.64 bits per heavy atom. The van der Waals surface area contributed by atoms with E-state index in [9.17, 15) is 0 Å². The molecule has 0 spiro atoms. The minimum absolute atomic E-state index is 0.739. The molecule has 0 unspecified atom stereocenters. The van der Waals surface area contributed by atoms with Crippen molar-refractivity contribution in [2.45, 2.75) is 12.5 Å². The highest BCUT2D eigenvalue weighted by atomic mass is 35.5. The number of hydrogen-bond acceptors (Lipinski definition) is 0. The highest BCUT2D eigenvalue weighted by molar-refractivity contribution is 6.34. The van der Waals surface area contributed by atoms with Gasteiger partial charge >= 0.3 is 0 Å². The van der Waals surface area contributed by atoms with E-state index in [0.717, 1.165) is 16.5 Å². The zero-order chi connectivity index (χ0) is 8.27. The molecule has 0 saturated carbocycles. The van der Waals surface area contributed by atoms with Gasteiger partial charge in [-0.2, -0.15) is 0 Å². The molecular formula is C8H10Cl2Si. The molecule has 11 heavy (non-hydrogen) atoms. The van der Waals surface area contributed by atoms with Gasteiger partial charge in [0.15, 0.2) is 0 Å². The summed E-state index contributed by atoms with van der Waals surface area (Å²) in [7, 11) is 1.23. The Morgan fingerprint density at radius 3 is 2.09 bits per heavy atom. The van der Waals surface area contributed by atoms with E-state index in [4.69, 9.17) is 23.2 Å². The van der Waals surface area contributed by atoms with Gasteiger partial charge in [0, 0.05) is 20.3 Å². The number of aryl methyl sites for hydroxylation is 1. The summed E-state index contributed by atoms with van der Waals surface area (Å²) in [5.74, 6) is 0. The Morgan fingerprint density at radius 1 is 1.09 bits per heavy atom. The highest BCUT2D eigenvalue weighted by Crippen LogP contribution is 2.19. The molecule has 0 fully saturated rings. The lowest BCUT2D eigenvalue weighted by molar-refractivity contribution is 1.13. The Labute approximate surface area is 79.9 Å². The molecule has 0 nitrogen and oxygen atoms in total. The summed E-state index contributed by atoms with van der Waals surface area (Å²) >= 11 is 11.6. The van der Waals surface area contributed by atoms with E-state index in [2.05, 4.69) is 0 Å². The van der Waals surface area contributed by atoms with Crippen molar-refractivity contribution in [2.75, 3.05) is 0 Å². The maximum Gasteiger partial charge on any atom is 0.0423 e. The number of hydrogen-bond donors (Lipinski definition) is 0. The lowest BCUT2D eigenvalue weighted by Gasteiger charge is -1.99. The molecule has 0 aromatic heterocycles. The van der Waals surface area contributed by atoms with E-state index in [-0.39, 0.29) is 0 Å². The Balaban J connectivity index is 2.89. The first-order chi connectivity index (χ1) is 5.22. The van der Waals surface area contributed by atoms with Crippen molar-refractivity contribution >= 4 is 33.4 Å². The highest BCUT2D eigenvalue weighted by Gasteiger charge is 1.95. The van der Waals surface area contributed by atoms with Gasteiger partial charge in [-0.1, -0.05) is 29.2 Å². The molecule has 1 rings (SSSR count). The fourth-order valence-electron chi connectivity index (χ4n) is 1.04. The molecule has 0 atom stereocenters. The quantitative estimate of drug-likeness (QED) is 0.650. The normalized spacial score (nSPS) is 10.4. The maximum absolute atomic E-state index is 5.81. The van der Waals surface area contributed by atoms with E-state index < -0.39 is 0 Å². The molecule has 0 aliphatic heterocycles. The van der Waals surface area contributed by atoms with Crippen LogP contribution in [-0.2, 0) is 6.42 Å². The van der Waals surface area contributed by atoms with Gasteiger partial charge in [0.2, 0.25) is 0 Å². The third-order valence-corrected chi connectivity index (χ3v) is 2.40. The topological polar surface area (TPSA) is 0 Å². The van der Waals surface area contributed by atoms with Crippen LogP contribution >= 0.6 is 23.2 Å². The van der Waals surface area contributed by atoms with E-state index in [1.807, 2.05) is 12.1 Å². The van der Waals surface area contributed by atoms with Crippen LogP contribution < -0.4 is 0 Å². The van der Waals surface area contributed by atoms with Crippen LogP contribution in [0.1, 0.15) is 5.56 Å². The average Bonchev–Trinajstić information content (AvgIpc) is 1.85. The maximum atomic E-state index is 5.81. The van der Waals surface area contributed by atoms with Crippen LogP contribution in [0.25, 0.3) is 0 Å². The van der Waals surface area contributed by atoms with Gasteiger partial charge in [-0.3, -0.25) is 0 Å². The lowest BCUT2D eigenvalue weighted by atomic mass is 10.2. The predicted molar refractivity (Wildman–Crippen MR) is 54.9 cm³/mol. The minimum atomic E-state index is 0.739. The van der Waals surface area contributed by atoms with E-state index in [0.29, 0.717) is 0 Å². The van der Waals surface area contributed by atoms with Crippen LogP contribution in [0.5, 0.6) is 0 Å². The van der Waals surface area contributed by atoms with Crippen molar-refractivity contribution in [2.24, 2.45) is 0 Å². The fourth-order valence-corrected chi connectivity index (χ4v) is 2.19. The van der Waals surface area contributed by atoms with Crippen LogP contribution in [-0.4, -0.2) is 10.2 Å². The largest absolute Gasteiger partial charge is 0.0843 e. The monoisotopic (exact) mass is 204 g/mol. The van der Waals surface area contributed by atoms with Gasteiger partial charge in [-0.15, -0.1) is 0 Å². The lowest BCUT2D eigenvalue weighted by Crippen LogP contribution is -1.83. The molecule has 1 aromatic carbocycles. The predicted octanol–water partition coefficient (Wildman–Crippen LogP) is 2.32. The van der Waals surface area contributed by atoms with Crippen LogP contribution in [0.15, 0.2) is 18.2 Å². The third kappa shape index (κ3) is 2.85. The van der Waals surface area contributed by atoms with Crippen LogP contribution in [0, 0.1) is 0 Å². The standard InChI is InChI=1S/C8H10Cl2Si/c9-7-3-6(1-2-11)4-8(10)5-7/h3-5H,1-2H2,11H3. The molecule has 60 valence electrons. The Hall–Kier alpha value is 0.0169. The number of rotatable bonds is 2. The van der Waals surface area contributed by atoms with Crippen molar-refractivity contribution < 1.29 is 0 Å². The fraction of sp³-hybridized carbons (Fsp3) is 0.250. The van der Waals surface area contributed by atoms with Crippen molar-refractivity contribution in [3.8, 4) is 0 Å². The molecule has 0 heterocycles. The minimum Gasteiger partial charge on any atom is -0.0843 e. The molecule has 1 aromatic rings. The zero-order valence-electron chi connectivity index (χ0n) is 6.40. The van der Waals surface area contributed by atoms with Crippen LogP contribution in [0.4, 0.5) is 0 Å². The molecular weight excluding hydrogens is 195 g/mol. The van der Waals surface area contributed by atoms with E-state index in [1.165, 1.54) is 21.9 Å². The SMILES string of the molecule is [SiH3]CCc1cc(Cl)cc(Cl)c1. The van der Waals surface area contributed by atoms with Gasteiger partial charge in [-0.05, 0) is 30.2 Å². The molecule has 0 amide bonds. The van der Waals surface area contributed by atoms with E-state index >= 15 is 0 Å². The van der Waals surface area contributed by atoms with Crippen LogP contribution in [0.2, 0.25) is 16.1 Å². The summed E-state index contributed by atoms with van der Waals surface area (Å²) in [5.41, 5.74) is 1.25. The van der Waals surface area contributed by atoms with Crippen molar-refractivity contribution in [1.82, 2.24) is 0 Å². The molecule has 0 saturated heterocycles. The Bertz CT molecular complexity index is 228. The molecule has 0 aliphatic rings. The number of benzene rings is 1. The van der Waals surface area contributed by atoms with Gasteiger partial charge in [-0.25, -0.2) is 0 Å². The molecule has 0 aliphatic carbocycles. The molecule has 0 N–H and O–H groups in total. The molecule has 3 heteroatoms. The first-order valence-electron chi connectivity index (χ1n) is 3.67. The summed E-state index contributed by atoms with van der Waals surface area (Å²) < 4.78 is 0. The third-order valence-electron chi connectivity index (χ3n) is 1.46. The second-order valence-electron chi connectivity index (χ2n) is 2.53. The summed E-state index contributed by atoms with van der Waals surface area (Å²) in [5, 5.41) is 1.48. The van der Waals surface area contributed by atoms with E-state index in [1.54, 1.807) is 6.07 Å². The Kier molecular flexibility index (Phi) is 3.43. The van der Waals surface area contributed by atoms with Gasteiger partial charge in [0.25, 0.3) is 0 Å². The van der Waals surface area contributed by atoms with Gasteiger partial charge in [0.05, 0.1) is 0 Å². The summed E-state index contributed by atoms with van der Waals surface area (Å²) in [6, 6.07) is 6.98. The zero-order valence-corrected chi connectivity index (χ0v) is 9.91. The smallest absolute Gasteiger partial charge is 0.0423 e. The van der Waals surface area contributed by atoms with Gasteiger partial charge < -0.3 is 0 Å². The average molecular weight is 205 g/mol. The first-order valence-corrected chi connectivity index (χ1v) is 5.84. The summed E-state index contributed by atoms with van der Waals surface area (Å²) in [6.45, 7) is 0. The summed E-state index contributed by atoms with van der Waals surface area (Å²) in [6.07, 6.45) is 1.10. The second-order valence-corrected chi connectivity index (χ2v) is 4.40. The summed E-state index contributed by atoms with van der Waals surface area (Å²) in [4.78, 5) is 0. The molecule has 0 bridgehead atoms. The van der Waals surface area contributed by atoms with Gasteiger partial charge in [0.1, 0.15) is 0 Å². The number of halogens is 2. The second kappa shape index (κ2) is 4.15.